The van der Waals surface area contributed by atoms with Crippen LogP contribution in [0.1, 0.15) is 11.1 Å². The number of nitrogens with one attached hydrogen (secondary N) is 1. The molecule has 31 heavy (non-hydrogen) atoms. The van der Waals surface area contributed by atoms with Crippen molar-refractivity contribution in [2.45, 2.75) is 6.92 Å². The van der Waals surface area contributed by atoms with E-state index in [0.717, 1.165) is 28.1 Å². The second-order valence-electron chi connectivity index (χ2n) is 6.88. The van der Waals surface area contributed by atoms with Gasteiger partial charge < -0.3 is 0 Å². The molecule has 1 N–H and O–H groups in total. The Bertz CT molecular complexity index is 1240. The molecule has 0 atom stereocenters. The van der Waals surface area contributed by atoms with Crippen molar-refractivity contribution in [1.29, 1.82) is 0 Å². The van der Waals surface area contributed by atoms with Gasteiger partial charge in [0.25, 0.3) is 5.69 Å². The number of para-hydroxylation sites is 1. The van der Waals surface area contributed by atoms with Crippen molar-refractivity contribution in [2.75, 3.05) is 5.43 Å². The van der Waals surface area contributed by atoms with Gasteiger partial charge in [0, 0.05) is 17.2 Å². The van der Waals surface area contributed by atoms with Gasteiger partial charge in [-0.05, 0) is 19.1 Å². The van der Waals surface area contributed by atoms with Gasteiger partial charge in [-0.25, -0.2) is 15.4 Å². The van der Waals surface area contributed by atoms with E-state index < -0.39 is 4.92 Å². The average Bonchev–Trinajstić information content (AvgIpc) is 2.80. The van der Waals surface area contributed by atoms with Crippen LogP contribution < -0.4 is 5.43 Å². The topological polar surface area (TPSA) is 93.3 Å². The van der Waals surface area contributed by atoms with Gasteiger partial charge in [0.1, 0.15) is 0 Å². The Hall–Kier alpha value is -4.39. The van der Waals surface area contributed by atoms with Crippen LogP contribution in [0, 0.1) is 17.0 Å². The number of hydrogen-bond donors (Lipinski definition) is 1. The zero-order valence-corrected chi connectivity index (χ0v) is 16.8. The SMILES string of the molecule is Cc1ccc(-c2cc(-c3ccccc3)nc(N/N=C\c3ccccc3[N+](=O)[O-])n2)cc1. The lowest BCUT2D eigenvalue weighted by molar-refractivity contribution is -0.385. The molecule has 7 nitrogen and oxygen atoms in total. The predicted molar refractivity (Wildman–Crippen MR) is 122 cm³/mol. The van der Waals surface area contributed by atoms with E-state index in [1.807, 2.05) is 67.6 Å². The Labute approximate surface area is 179 Å². The summed E-state index contributed by atoms with van der Waals surface area (Å²) in [7, 11) is 0. The van der Waals surface area contributed by atoms with Crippen molar-refractivity contribution < 1.29 is 4.92 Å². The second kappa shape index (κ2) is 8.96. The molecule has 3 aromatic carbocycles. The Morgan fingerprint density at radius 3 is 2.16 bits per heavy atom. The minimum absolute atomic E-state index is 0.0210. The zero-order chi connectivity index (χ0) is 21.6. The predicted octanol–water partition coefficient (Wildman–Crippen LogP) is 5.47. The van der Waals surface area contributed by atoms with Gasteiger partial charge in [-0.3, -0.25) is 10.1 Å². The fraction of sp³-hybridized carbons (Fsp3) is 0.0417. The van der Waals surface area contributed by atoms with E-state index in [2.05, 4.69) is 20.5 Å². The minimum atomic E-state index is -0.441. The monoisotopic (exact) mass is 409 g/mol. The molecule has 4 rings (SSSR count). The van der Waals surface area contributed by atoms with E-state index in [0.29, 0.717) is 11.5 Å². The molecule has 0 saturated heterocycles. The molecule has 0 saturated carbocycles. The zero-order valence-electron chi connectivity index (χ0n) is 16.8. The molecule has 0 bridgehead atoms. The normalized spacial score (nSPS) is 10.9. The van der Waals surface area contributed by atoms with E-state index in [-0.39, 0.29) is 5.69 Å². The molecule has 0 aliphatic carbocycles. The Morgan fingerprint density at radius 1 is 0.871 bits per heavy atom. The molecular weight excluding hydrogens is 390 g/mol. The molecule has 0 unspecified atom stereocenters. The summed E-state index contributed by atoms with van der Waals surface area (Å²) in [5.41, 5.74) is 7.74. The number of hydrogen-bond acceptors (Lipinski definition) is 6. The number of anilines is 1. The molecule has 4 aromatic rings. The van der Waals surface area contributed by atoms with Crippen molar-refractivity contribution in [2.24, 2.45) is 5.10 Å². The van der Waals surface area contributed by atoms with E-state index in [9.17, 15) is 10.1 Å². The van der Waals surface area contributed by atoms with Gasteiger partial charge in [0.2, 0.25) is 5.95 Å². The summed E-state index contributed by atoms with van der Waals surface area (Å²) >= 11 is 0. The van der Waals surface area contributed by atoms with Crippen LogP contribution in [0.15, 0.2) is 90.0 Å². The first kappa shape index (κ1) is 19.9. The summed E-state index contributed by atoms with van der Waals surface area (Å²) in [6.07, 6.45) is 1.39. The Balaban J connectivity index is 1.69. The highest BCUT2D eigenvalue weighted by Gasteiger charge is 2.11. The maximum Gasteiger partial charge on any atom is 0.278 e. The number of benzene rings is 3. The first-order chi connectivity index (χ1) is 15.1. The van der Waals surface area contributed by atoms with Gasteiger partial charge in [-0.2, -0.15) is 5.10 Å². The number of hydrazone groups is 1. The van der Waals surface area contributed by atoms with Crippen LogP contribution in [0.3, 0.4) is 0 Å². The first-order valence-corrected chi connectivity index (χ1v) is 9.64. The highest BCUT2D eigenvalue weighted by atomic mass is 16.6. The molecule has 0 spiro atoms. The van der Waals surface area contributed by atoms with Crippen LogP contribution >= 0.6 is 0 Å². The number of aromatic nitrogens is 2. The van der Waals surface area contributed by atoms with Gasteiger partial charge >= 0.3 is 0 Å². The molecule has 0 fully saturated rings. The van der Waals surface area contributed by atoms with Crippen molar-refractivity contribution >= 4 is 17.9 Å². The molecule has 0 amide bonds. The van der Waals surface area contributed by atoms with E-state index >= 15 is 0 Å². The minimum Gasteiger partial charge on any atom is -0.258 e. The van der Waals surface area contributed by atoms with Gasteiger partial charge in [0.05, 0.1) is 28.1 Å². The number of aryl methyl sites for hydroxylation is 1. The van der Waals surface area contributed by atoms with Crippen LogP contribution in [0.5, 0.6) is 0 Å². The summed E-state index contributed by atoms with van der Waals surface area (Å²) in [6, 6.07) is 26.2. The number of nitro benzene ring substituents is 1. The molecule has 1 heterocycles. The number of nitro groups is 1. The third-order valence-corrected chi connectivity index (χ3v) is 4.64. The van der Waals surface area contributed by atoms with E-state index in [1.54, 1.807) is 18.2 Å². The lowest BCUT2D eigenvalue weighted by Gasteiger charge is -2.08. The fourth-order valence-electron chi connectivity index (χ4n) is 3.05. The smallest absolute Gasteiger partial charge is 0.258 e. The largest absolute Gasteiger partial charge is 0.278 e. The quantitative estimate of drug-likeness (QED) is 0.259. The van der Waals surface area contributed by atoms with Crippen molar-refractivity contribution in [3.63, 3.8) is 0 Å². The Morgan fingerprint density at radius 2 is 1.48 bits per heavy atom. The second-order valence-corrected chi connectivity index (χ2v) is 6.88. The first-order valence-electron chi connectivity index (χ1n) is 9.64. The molecule has 0 aliphatic heterocycles. The molecule has 0 radical (unpaired) electrons. The molecule has 152 valence electrons. The maximum atomic E-state index is 11.2. The molecule has 1 aromatic heterocycles. The van der Waals surface area contributed by atoms with Crippen LogP contribution in [0.25, 0.3) is 22.5 Å². The summed E-state index contributed by atoms with van der Waals surface area (Å²) in [6.45, 7) is 2.03. The van der Waals surface area contributed by atoms with Crippen molar-refractivity contribution in [3.8, 4) is 22.5 Å². The van der Waals surface area contributed by atoms with Gasteiger partial charge in [-0.1, -0.05) is 72.3 Å². The highest BCUT2D eigenvalue weighted by Crippen LogP contribution is 2.25. The van der Waals surface area contributed by atoms with Gasteiger partial charge in [-0.15, -0.1) is 0 Å². The van der Waals surface area contributed by atoms with Crippen LogP contribution in [-0.4, -0.2) is 21.1 Å². The summed E-state index contributed by atoms with van der Waals surface area (Å²) < 4.78 is 0. The van der Waals surface area contributed by atoms with E-state index in [4.69, 9.17) is 0 Å². The maximum absolute atomic E-state index is 11.2. The van der Waals surface area contributed by atoms with E-state index in [1.165, 1.54) is 12.3 Å². The van der Waals surface area contributed by atoms with Crippen LogP contribution in [-0.2, 0) is 0 Å². The summed E-state index contributed by atoms with van der Waals surface area (Å²) in [5.74, 6) is 0.298. The summed E-state index contributed by atoms with van der Waals surface area (Å²) in [4.78, 5) is 19.9. The van der Waals surface area contributed by atoms with Gasteiger partial charge in [0.15, 0.2) is 0 Å². The van der Waals surface area contributed by atoms with Crippen LogP contribution in [0.2, 0.25) is 0 Å². The molecular formula is C24H19N5O2. The third-order valence-electron chi connectivity index (χ3n) is 4.64. The fourth-order valence-corrected chi connectivity index (χ4v) is 3.05. The highest BCUT2D eigenvalue weighted by molar-refractivity contribution is 5.85. The summed E-state index contributed by atoms with van der Waals surface area (Å²) in [5, 5.41) is 15.3. The van der Waals surface area contributed by atoms with Crippen molar-refractivity contribution in [3.05, 3.63) is 106 Å². The average molecular weight is 409 g/mol. The number of nitrogens with zero attached hydrogens (tertiary/aromatic N) is 4. The standard InChI is InChI=1S/C24H19N5O2/c1-17-11-13-19(14-12-17)22-15-21(18-7-3-2-4-8-18)26-24(27-22)28-25-16-20-9-5-6-10-23(20)29(30)31/h2-16H,1H3,(H,26,27,28)/b25-16-. The third kappa shape index (κ3) is 4.79. The lowest BCUT2D eigenvalue weighted by Crippen LogP contribution is -2.01. The Kier molecular flexibility index (Phi) is 5.75. The van der Waals surface area contributed by atoms with Crippen molar-refractivity contribution in [1.82, 2.24) is 9.97 Å². The number of rotatable bonds is 6. The molecule has 7 heteroatoms. The van der Waals surface area contributed by atoms with Crippen LogP contribution in [0.4, 0.5) is 11.6 Å². The lowest BCUT2D eigenvalue weighted by atomic mass is 10.1. The molecule has 0 aliphatic rings.